The van der Waals surface area contributed by atoms with Gasteiger partial charge in [-0.05, 0) is 18.6 Å². The van der Waals surface area contributed by atoms with Gasteiger partial charge >= 0.3 is 0 Å². The maximum atomic E-state index is 9.01. The second kappa shape index (κ2) is 5.87. The molecule has 2 N–H and O–H groups in total. The quantitative estimate of drug-likeness (QED) is 0.908. The standard InChI is InChI=1S/C15H16N4/c1-2-19(11-12-6-4-3-5-7-12)15-14(17)13(10-16)8-9-18-15/h3-9H,2,11,17H2,1H3. The number of benzene rings is 1. The second-order valence-electron chi connectivity index (χ2n) is 4.21. The average Bonchev–Trinajstić information content (AvgIpc) is 2.46. The maximum absolute atomic E-state index is 9.01. The van der Waals surface area contributed by atoms with E-state index in [-0.39, 0.29) is 0 Å². The topological polar surface area (TPSA) is 65.9 Å². The SMILES string of the molecule is CCN(Cc1ccccc1)c1nccc(C#N)c1N. The fraction of sp³-hybridized carbons (Fsp3) is 0.200. The lowest BCUT2D eigenvalue weighted by atomic mass is 10.2. The Hall–Kier alpha value is -2.54. The van der Waals surface area contributed by atoms with E-state index in [0.29, 0.717) is 17.1 Å². The van der Waals surface area contributed by atoms with Gasteiger partial charge in [0.25, 0.3) is 0 Å². The van der Waals surface area contributed by atoms with Crippen LogP contribution in [0.2, 0.25) is 0 Å². The first-order valence-electron chi connectivity index (χ1n) is 6.19. The molecule has 2 aromatic rings. The molecule has 0 bridgehead atoms. The monoisotopic (exact) mass is 252 g/mol. The third-order valence-corrected chi connectivity index (χ3v) is 2.99. The highest BCUT2D eigenvalue weighted by Crippen LogP contribution is 2.24. The summed E-state index contributed by atoms with van der Waals surface area (Å²) in [6.07, 6.45) is 1.62. The van der Waals surface area contributed by atoms with Crippen molar-refractivity contribution >= 4 is 11.5 Å². The first kappa shape index (κ1) is 12.9. The Morgan fingerprint density at radius 3 is 2.63 bits per heavy atom. The van der Waals surface area contributed by atoms with E-state index in [9.17, 15) is 0 Å². The number of pyridine rings is 1. The minimum atomic E-state index is 0.447. The summed E-state index contributed by atoms with van der Waals surface area (Å²) in [6, 6.07) is 13.8. The van der Waals surface area contributed by atoms with Crippen LogP contribution in [0.25, 0.3) is 0 Å². The molecule has 0 atom stereocenters. The highest BCUT2D eigenvalue weighted by molar-refractivity contribution is 5.70. The van der Waals surface area contributed by atoms with E-state index in [1.807, 2.05) is 25.1 Å². The van der Waals surface area contributed by atoms with Crippen LogP contribution in [0.15, 0.2) is 42.6 Å². The van der Waals surface area contributed by atoms with Gasteiger partial charge in [0.15, 0.2) is 5.82 Å². The van der Waals surface area contributed by atoms with E-state index in [2.05, 4.69) is 28.1 Å². The molecule has 4 nitrogen and oxygen atoms in total. The first-order valence-corrected chi connectivity index (χ1v) is 6.19. The Kier molecular flexibility index (Phi) is 3.99. The van der Waals surface area contributed by atoms with Crippen molar-refractivity contribution in [1.82, 2.24) is 4.98 Å². The first-order chi connectivity index (χ1) is 9.26. The lowest BCUT2D eigenvalue weighted by molar-refractivity contribution is 0.815. The van der Waals surface area contributed by atoms with Crippen LogP contribution in [-0.4, -0.2) is 11.5 Å². The van der Waals surface area contributed by atoms with Crippen LogP contribution in [0.5, 0.6) is 0 Å². The highest BCUT2D eigenvalue weighted by Gasteiger charge is 2.12. The molecule has 0 aliphatic rings. The number of anilines is 2. The Morgan fingerprint density at radius 1 is 1.26 bits per heavy atom. The molecule has 0 unspecified atom stereocenters. The maximum Gasteiger partial charge on any atom is 0.153 e. The molecule has 0 radical (unpaired) electrons. The van der Waals surface area contributed by atoms with Gasteiger partial charge in [-0.2, -0.15) is 5.26 Å². The van der Waals surface area contributed by atoms with Gasteiger partial charge in [-0.25, -0.2) is 4.98 Å². The zero-order chi connectivity index (χ0) is 13.7. The molecule has 0 saturated carbocycles. The molecule has 2 rings (SSSR count). The summed E-state index contributed by atoms with van der Waals surface area (Å²) in [6.45, 7) is 3.55. The van der Waals surface area contributed by atoms with E-state index in [4.69, 9.17) is 11.0 Å². The Labute approximate surface area is 113 Å². The van der Waals surface area contributed by atoms with Crippen molar-refractivity contribution in [2.45, 2.75) is 13.5 Å². The van der Waals surface area contributed by atoms with Crippen LogP contribution in [0.4, 0.5) is 11.5 Å². The van der Waals surface area contributed by atoms with E-state index in [1.54, 1.807) is 12.3 Å². The van der Waals surface area contributed by atoms with Crippen molar-refractivity contribution < 1.29 is 0 Å². The van der Waals surface area contributed by atoms with Crippen molar-refractivity contribution in [2.24, 2.45) is 0 Å². The molecular formula is C15H16N4. The summed E-state index contributed by atoms with van der Waals surface area (Å²) in [5, 5.41) is 9.01. The molecule has 0 saturated heterocycles. The number of nitrogens with zero attached hydrogens (tertiary/aromatic N) is 3. The van der Waals surface area contributed by atoms with Crippen LogP contribution >= 0.6 is 0 Å². The molecule has 4 heteroatoms. The highest BCUT2D eigenvalue weighted by atomic mass is 15.2. The van der Waals surface area contributed by atoms with Crippen LogP contribution in [0.1, 0.15) is 18.1 Å². The summed E-state index contributed by atoms with van der Waals surface area (Å²) in [4.78, 5) is 6.37. The predicted octanol–water partition coefficient (Wildman–Crippen LogP) is 2.56. The third-order valence-electron chi connectivity index (χ3n) is 2.99. The fourth-order valence-electron chi connectivity index (χ4n) is 1.95. The molecular weight excluding hydrogens is 236 g/mol. The smallest absolute Gasteiger partial charge is 0.153 e. The van der Waals surface area contributed by atoms with E-state index in [1.165, 1.54) is 5.56 Å². The number of rotatable bonds is 4. The molecule has 0 amide bonds. The zero-order valence-corrected chi connectivity index (χ0v) is 10.9. The van der Waals surface area contributed by atoms with Crippen LogP contribution in [-0.2, 0) is 6.54 Å². The van der Waals surface area contributed by atoms with Gasteiger partial charge in [0, 0.05) is 19.3 Å². The summed E-state index contributed by atoms with van der Waals surface area (Å²) in [7, 11) is 0. The van der Waals surface area contributed by atoms with Crippen LogP contribution in [0.3, 0.4) is 0 Å². The van der Waals surface area contributed by atoms with Crippen molar-refractivity contribution in [3.8, 4) is 6.07 Å². The summed E-state index contributed by atoms with van der Waals surface area (Å²) in [5.74, 6) is 0.672. The Bertz CT molecular complexity index is 587. The van der Waals surface area contributed by atoms with E-state index in [0.717, 1.165) is 13.1 Å². The molecule has 1 aromatic carbocycles. The van der Waals surface area contributed by atoms with E-state index < -0.39 is 0 Å². The Morgan fingerprint density at radius 2 is 2.00 bits per heavy atom. The van der Waals surface area contributed by atoms with Gasteiger partial charge in [-0.3, -0.25) is 0 Å². The van der Waals surface area contributed by atoms with Gasteiger partial charge in [0.1, 0.15) is 6.07 Å². The lowest BCUT2D eigenvalue weighted by Crippen LogP contribution is -2.24. The van der Waals surface area contributed by atoms with Crippen molar-refractivity contribution in [2.75, 3.05) is 17.2 Å². The van der Waals surface area contributed by atoms with Gasteiger partial charge in [0.05, 0.1) is 11.3 Å². The lowest BCUT2D eigenvalue weighted by Gasteiger charge is -2.23. The van der Waals surface area contributed by atoms with E-state index >= 15 is 0 Å². The van der Waals surface area contributed by atoms with Gasteiger partial charge in [-0.15, -0.1) is 0 Å². The second-order valence-corrected chi connectivity index (χ2v) is 4.21. The molecule has 1 aromatic heterocycles. The fourth-order valence-corrected chi connectivity index (χ4v) is 1.95. The van der Waals surface area contributed by atoms with Gasteiger partial charge in [0.2, 0.25) is 0 Å². The number of aromatic nitrogens is 1. The zero-order valence-electron chi connectivity index (χ0n) is 10.9. The summed E-state index contributed by atoms with van der Waals surface area (Å²) in [5.41, 5.74) is 8.10. The number of nitrogen functional groups attached to an aromatic ring is 1. The molecule has 0 fully saturated rings. The minimum Gasteiger partial charge on any atom is -0.395 e. The number of hydrogen-bond donors (Lipinski definition) is 1. The molecule has 0 aliphatic heterocycles. The number of nitriles is 1. The molecule has 1 heterocycles. The average molecular weight is 252 g/mol. The predicted molar refractivity (Wildman–Crippen MR) is 76.5 cm³/mol. The van der Waals surface area contributed by atoms with Gasteiger partial charge < -0.3 is 10.6 Å². The summed E-state index contributed by atoms with van der Waals surface area (Å²) >= 11 is 0. The number of nitrogens with two attached hydrogens (primary N) is 1. The van der Waals surface area contributed by atoms with Crippen molar-refractivity contribution in [3.63, 3.8) is 0 Å². The van der Waals surface area contributed by atoms with Gasteiger partial charge in [-0.1, -0.05) is 30.3 Å². The third kappa shape index (κ3) is 2.83. The molecule has 19 heavy (non-hydrogen) atoms. The Balaban J connectivity index is 2.31. The molecule has 96 valence electrons. The number of hydrogen-bond acceptors (Lipinski definition) is 4. The normalized spacial score (nSPS) is 9.89. The largest absolute Gasteiger partial charge is 0.395 e. The summed E-state index contributed by atoms with van der Waals surface area (Å²) < 4.78 is 0. The van der Waals surface area contributed by atoms with Crippen molar-refractivity contribution in [3.05, 3.63) is 53.7 Å². The van der Waals surface area contributed by atoms with Crippen LogP contribution in [0, 0.1) is 11.3 Å². The van der Waals surface area contributed by atoms with Crippen molar-refractivity contribution in [1.29, 1.82) is 5.26 Å². The minimum absolute atomic E-state index is 0.447. The molecule has 0 aliphatic carbocycles. The molecule has 0 spiro atoms. The van der Waals surface area contributed by atoms with Crippen LogP contribution < -0.4 is 10.6 Å².